The van der Waals surface area contributed by atoms with E-state index >= 15 is 0 Å². The molecule has 0 amide bonds. The number of carbonyl (C=O) groups excluding carboxylic acids is 1. The third kappa shape index (κ3) is 3.85. The summed E-state index contributed by atoms with van der Waals surface area (Å²) in [4.78, 5) is 18.1. The van der Waals surface area contributed by atoms with Crippen molar-refractivity contribution in [3.63, 3.8) is 0 Å². The predicted molar refractivity (Wildman–Crippen MR) is 98.5 cm³/mol. The first-order valence-corrected chi connectivity index (χ1v) is 11.3. The van der Waals surface area contributed by atoms with Crippen molar-refractivity contribution in [1.82, 2.24) is 14.5 Å². The van der Waals surface area contributed by atoms with Crippen molar-refractivity contribution in [3.05, 3.63) is 35.6 Å². The molecular weight excluding hydrogens is 450 g/mol. The zero-order valence-corrected chi connectivity index (χ0v) is 16.9. The van der Waals surface area contributed by atoms with Crippen molar-refractivity contribution in [1.29, 1.82) is 0 Å². The molecule has 1 saturated heterocycles. The van der Waals surface area contributed by atoms with E-state index in [0.29, 0.717) is 11.9 Å². The molecule has 1 aliphatic heterocycles. The Hall–Kier alpha value is -1.31. The Bertz CT molecular complexity index is 884. The zero-order valence-electron chi connectivity index (χ0n) is 13.7. The number of quaternary nitrogens is 1. The summed E-state index contributed by atoms with van der Waals surface area (Å²) in [6.45, 7) is 0.796. The summed E-state index contributed by atoms with van der Waals surface area (Å²) >= 11 is 4.12. The van der Waals surface area contributed by atoms with Gasteiger partial charge in [-0.25, -0.2) is 18.1 Å². The van der Waals surface area contributed by atoms with Crippen molar-refractivity contribution >= 4 is 48.2 Å². The van der Waals surface area contributed by atoms with Crippen LogP contribution in [0.15, 0.2) is 33.4 Å². The largest absolute Gasteiger partial charge is 0.622 e. The fourth-order valence-corrected chi connectivity index (χ4v) is 4.85. The molecule has 0 spiro atoms. The number of halogens is 1. The summed E-state index contributed by atoms with van der Waals surface area (Å²) in [5.41, 5.74) is 0.200. The van der Waals surface area contributed by atoms with Gasteiger partial charge in [0.05, 0.1) is 24.6 Å². The van der Waals surface area contributed by atoms with E-state index in [0.717, 1.165) is 23.8 Å². The summed E-state index contributed by atoms with van der Waals surface area (Å²) in [5, 5.41) is 14.2. The Kier molecular flexibility index (Phi) is 5.51. The highest BCUT2D eigenvalue weighted by atomic mass is 79.9. The van der Waals surface area contributed by atoms with Crippen LogP contribution in [0.4, 0.5) is 5.13 Å². The molecule has 3 rings (SSSR count). The van der Waals surface area contributed by atoms with Crippen LogP contribution in [0.3, 0.4) is 0 Å². The lowest BCUT2D eigenvalue weighted by atomic mass is 10.3. The molecule has 2 unspecified atom stereocenters. The van der Waals surface area contributed by atoms with Crippen molar-refractivity contribution < 1.29 is 22.4 Å². The number of furan rings is 1. The van der Waals surface area contributed by atoms with E-state index in [2.05, 4.69) is 20.9 Å². The molecule has 142 valence electrons. The number of thiazole rings is 1. The number of hydrogen-bond donors (Lipinski definition) is 0. The van der Waals surface area contributed by atoms with Crippen molar-refractivity contribution in [2.24, 2.45) is 0 Å². The number of aromatic nitrogens is 1. The van der Waals surface area contributed by atoms with Gasteiger partial charge in [0.15, 0.2) is 9.84 Å². The first-order chi connectivity index (χ1) is 12.2. The number of esters is 1. The van der Waals surface area contributed by atoms with Crippen LogP contribution < -0.4 is 4.65 Å². The molecule has 2 atom stereocenters. The quantitative estimate of drug-likeness (QED) is 0.274. The van der Waals surface area contributed by atoms with E-state index in [1.807, 2.05) is 4.90 Å². The number of carbonyl (C=O) groups is 1. The third-order valence-electron chi connectivity index (χ3n) is 3.85. The van der Waals surface area contributed by atoms with Gasteiger partial charge in [-0.05, 0) is 17.4 Å². The summed E-state index contributed by atoms with van der Waals surface area (Å²) in [7, 11) is -3.47. The monoisotopic (exact) mass is 465 g/mol. The lowest BCUT2D eigenvalue weighted by molar-refractivity contribution is 0.00557. The van der Waals surface area contributed by atoms with Gasteiger partial charge in [0.2, 0.25) is 0 Å². The van der Waals surface area contributed by atoms with Crippen LogP contribution in [-0.2, 0) is 14.6 Å². The van der Waals surface area contributed by atoms with E-state index < -0.39 is 26.7 Å². The molecule has 1 fully saturated rings. The smallest absolute Gasteiger partial charge is 0.345 e. The van der Waals surface area contributed by atoms with Crippen LogP contribution in [0, 0.1) is 5.21 Å². The summed E-state index contributed by atoms with van der Waals surface area (Å²) in [5.74, 6) is -0.678. The lowest BCUT2D eigenvalue weighted by Crippen LogP contribution is -2.50. The van der Waals surface area contributed by atoms with Gasteiger partial charge in [-0.1, -0.05) is 15.9 Å². The first-order valence-electron chi connectivity index (χ1n) is 7.51. The molecule has 0 radical (unpaired) electrons. The zero-order chi connectivity index (χ0) is 18.9. The van der Waals surface area contributed by atoms with E-state index in [9.17, 15) is 18.4 Å². The Morgan fingerprint density at radius 1 is 1.62 bits per heavy atom. The molecule has 1 aliphatic rings. The normalized spacial score (nSPS) is 24.0. The fraction of sp³-hybridized carbons (Fsp3) is 0.429. The average molecular weight is 466 g/mol. The highest BCUT2D eigenvalue weighted by Gasteiger charge is 2.46. The average Bonchev–Trinajstić information content (AvgIpc) is 3.27. The van der Waals surface area contributed by atoms with Gasteiger partial charge < -0.3 is 14.4 Å². The van der Waals surface area contributed by atoms with Gasteiger partial charge in [-0.2, -0.15) is 4.98 Å². The number of rotatable bonds is 6. The molecular formula is C14H16BrN3O6S2. The Morgan fingerprint density at radius 3 is 2.96 bits per heavy atom. The molecule has 0 aromatic carbocycles. The van der Waals surface area contributed by atoms with Crippen LogP contribution in [0.5, 0.6) is 0 Å². The molecule has 26 heavy (non-hydrogen) atoms. The topological polar surface area (TPSA) is 113 Å². The number of nitrogens with zero attached hydrogens (tertiary/aromatic N) is 3. The van der Waals surface area contributed by atoms with Gasteiger partial charge >= 0.3 is 5.97 Å². The minimum Gasteiger partial charge on any atom is -0.622 e. The SMILES string of the molecule is CS(=O)(=O)c1cnc([N+]2([O-])CN(CCBr)CC2OC(=O)c2ccoc2)s1. The van der Waals surface area contributed by atoms with Crippen LogP contribution in [0.1, 0.15) is 10.4 Å². The number of sulfone groups is 1. The molecule has 9 nitrogen and oxygen atoms in total. The van der Waals surface area contributed by atoms with Gasteiger partial charge in [0.25, 0.3) is 11.4 Å². The molecule has 3 heterocycles. The van der Waals surface area contributed by atoms with Crippen molar-refractivity contribution in [2.75, 3.05) is 31.3 Å². The maximum absolute atomic E-state index is 13.5. The molecule has 0 N–H and O–H groups in total. The van der Waals surface area contributed by atoms with E-state index in [4.69, 9.17) is 9.15 Å². The first kappa shape index (κ1) is 19.5. The van der Waals surface area contributed by atoms with Crippen LogP contribution >= 0.6 is 27.3 Å². The van der Waals surface area contributed by atoms with Gasteiger partial charge in [-0.15, -0.1) is 0 Å². The lowest BCUT2D eigenvalue weighted by Gasteiger charge is -2.38. The second-order valence-corrected chi connectivity index (χ2v) is 9.85. The minimum atomic E-state index is -3.47. The molecule has 2 aromatic heterocycles. The highest BCUT2D eigenvalue weighted by molar-refractivity contribution is 9.09. The Balaban J connectivity index is 1.89. The fourth-order valence-electron chi connectivity index (χ4n) is 2.56. The molecule has 0 bridgehead atoms. The molecule has 0 aliphatic carbocycles. The summed E-state index contributed by atoms with van der Waals surface area (Å²) in [6, 6.07) is 1.44. The number of hydroxylamine groups is 2. The maximum Gasteiger partial charge on any atom is 0.345 e. The predicted octanol–water partition coefficient (Wildman–Crippen LogP) is 1.80. The van der Waals surface area contributed by atoms with Crippen LogP contribution in [-0.4, -0.2) is 61.8 Å². The van der Waals surface area contributed by atoms with Gasteiger partial charge in [0.1, 0.15) is 17.1 Å². The number of ether oxygens (including phenoxy) is 1. The van der Waals surface area contributed by atoms with E-state index in [1.165, 1.54) is 18.6 Å². The Labute approximate surface area is 162 Å². The van der Waals surface area contributed by atoms with E-state index in [1.54, 1.807) is 0 Å². The molecule has 0 saturated carbocycles. The standard InChI is InChI=1S/C14H16BrN3O6S2/c1-26(21,22)12-6-16-14(25-12)18(20)9-17(4-3-15)7-11(18)24-13(19)10-2-5-23-8-10/h2,5-6,8,11H,3-4,7,9H2,1H3. The summed E-state index contributed by atoms with van der Waals surface area (Å²) in [6.07, 6.45) is 3.72. The van der Waals surface area contributed by atoms with Crippen LogP contribution in [0.2, 0.25) is 0 Å². The summed E-state index contributed by atoms with van der Waals surface area (Å²) < 4.78 is 32.6. The third-order valence-corrected chi connectivity index (χ3v) is 7.10. The highest BCUT2D eigenvalue weighted by Crippen LogP contribution is 2.36. The minimum absolute atomic E-state index is 0.000275. The second-order valence-electron chi connectivity index (χ2n) is 5.81. The Morgan fingerprint density at radius 2 is 2.38 bits per heavy atom. The maximum atomic E-state index is 13.5. The van der Waals surface area contributed by atoms with Crippen LogP contribution in [0.25, 0.3) is 0 Å². The molecule has 12 heteroatoms. The number of hydrogen-bond acceptors (Lipinski definition) is 9. The van der Waals surface area contributed by atoms with Crippen molar-refractivity contribution in [3.8, 4) is 0 Å². The van der Waals surface area contributed by atoms with Gasteiger partial charge in [-0.3, -0.25) is 4.65 Å². The molecule has 2 aromatic rings. The van der Waals surface area contributed by atoms with E-state index in [-0.39, 0.29) is 28.1 Å². The second kappa shape index (κ2) is 7.37. The van der Waals surface area contributed by atoms with Gasteiger partial charge in [0, 0.05) is 18.1 Å². The van der Waals surface area contributed by atoms with Crippen molar-refractivity contribution in [2.45, 2.75) is 10.4 Å². The number of alkyl halides is 1.